The molecule has 0 saturated heterocycles. The van der Waals surface area contributed by atoms with Crippen LogP contribution in [0.2, 0.25) is 0 Å². The van der Waals surface area contributed by atoms with Crippen molar-refractivity contribution >= 4 is 0 Å². The van der Waals surface area contributed by atoms with Crippen LogP contribution in [0.1, 0.15) is 43.9 Å². The van der Waals surface area contributed by atoms with Crippen molar-refractivity contribution in [3.8, 4) is 0 Å². The molecule has 2 atom stereocenters. The molecule has 1 aliphatic rings. The summed E-state index contributed by atoms with van der Waals surface area (Å²) in [6.07, 6.45) is 2.63. The zero-order chi connectivity index (χ0) is 12.4. The molecular weight excluding hydrogens is 220 g/mol. The van der Waals surface area contributed by atoms with E-state index < -0.39 is 11.6 Å². The monoisotopic (exact) mass is 239 g/mol. The molecule has 0 fully saturated rings. The lowest BCUT2D eigenvalue weighted by atomic mass is 9.96. The predicted octanol–water partition coefficient (Wildman–Crippen LogP) is 3.59. The van der Waals surface area contributed by atoms with Crippen LogP contribution in [0.4, 0.5) is 8.78 Å². The van der Waals surface area contributed by atoms with Crippen molar-refractivity contribution in [1.82, 2.24) is 5.32 Å². The topological polar surface area (TPSA) is 12.0 Å². The maximum absolute atomic E-state index is 13.8. The van der Waals surface area contributed by atoms with Crippen LogP contribution in [0.15, 0.2) is 12.1 Å². The first kappa shape index (κ1) is 12.5. The predicted molar refractivity (Wildman–Crippen MR) is 64.9 cm³/mol. The summed E-state index contributed by atoms with van der Waals surface area (Å²) in [4.78, 5) is 0. The fourth-order valence-electron chi connectivity index (χ4n) is 2.68. The Balaban J connectivity index is 2.43. The highest BCUT2D eigenvalue weighted by atomic mass is 19.1. The molecule has 17 heavy (non-hydrogen) atoms. The first-order valence-corrected chi connectivity index (χ1v) is 6.33. The Morgan fingerprint density at radius 2 is 2.12 bits per heavy atom. The molecule has 94 valence electrons. The van der Waals surface area contributed by atoms with Gasteiger partial charge in [0.1, 0.15) is 11.6 Å². The van der Waals surface area contributed by atoms with Crippen LogP contribution in [-0.2, 0) is 6.42 Å². The lowest BCUT2D eigenvalue weighted by Crippen LogP contribution is -2.22. The summed E-state index contributed by atoms with van der Waals surface area (Å²) in [5.74, 6) is -0.329. The van der Waals surface area contributed by atoms with Crippen LogP contribution >= 0.6 is 0 Å². The van der Waals surface area contributed by atoms with Crippen molar-refractivity contribution in [3.63, 3.8) is 0 Å². The van der Waals surface area contributed by atoms with Crippen molar-refractivity contribution in [2.24, 2.45) is 5.92 Å². The van der Waals surface area contributed by atoms with E-state index in [4.69, 9.17) is 0 Å². The van der Waals surface area contributed by atoms with Crippen LogP contribution in [-0.4, -0.2) is 6.54 Å². The molecule has 1 nitrogen and oxygen atoms in total. The molecule has 0 spiro atoms. The van der Waals surface area contributed by atoms with E-state index >= 15 is 0 Å². The summed E-state index contributed by atoms with van der Waals surface area (Å²) in [5.41, 5.74) is 1.51. The van der Waals surface area contributed by atoms with Gasteiger partial charge < -0.3 is 5.32 Å². The lowest BCUT2D eigenvalue weighted by molar-refractivity contribution is 0.414. The van der Waals surface area contributed by atoms with Gasteiger partial charge in [0.2, 0.25) is 0 Å². The number of benzene rings is 1. The summed E-state index contributed by atoms with van der Waals surface area (Å²) in [5, 5.41) is 3.33. The van der Waals surface area contributed by atoms with Gasteiger partial charge in [0, 0.05) is 12.1 Å². The summed E-state index contributed by atoms with van der Waals surface area (Å²) in [6, 6.07) is 2.57. The minimum Gasteiger partial charge on any atom is -0.310 e. The molecule has 0 radical (unpaired) electrons. The molecule has 0 heterocycles. The summed E-state index contributed by atoms with van der Waals surface area (Å²) >= 11 is 0. The van der Waals surface area contributed by atoms with Crippen LogP contribution in [0.5, 0.6) is 0 Å². The fraction of sp³-hybridized carbons (Fsp3) is 0.571. The maximum Gasteiger partial charge on any atom is 0.129 e. The van der Waals surface area contributed by atoms with E-state index in [0.29, 0.717) is 17.9 Å². The molecule has 0 amide bonds. The Morgan fingerprint density at radius 3 is 2.82 bits per heavy atom. The minimum absolute atomic E-state index is 0.0812. The van der Waals surface area contributed by atoms with Gasteiger partial charge in [0.25, 0.3) is 0 Å². The third-order valence-corrected chi connectivity index (χ3v) is 3.55. The van der Waals surface area contributed by atoms with Gasteiger partial charge in [0.15, 0.2) is 0 Å². The van der Waals surface area contributed by atoms with Gasteiger partial charge in [-0.1, -0.05) is 13.8 Å². The fourth-order valence-corrected chi connectivity index (χ4v) is 2.68. The van der Waals surface area contributed by atoms with Crippen molar-refractivity contribution < 1.29 is 8.78 Å². The van der Waals surface area contributed by atoms with Gasteiger partial charge >= 0.3 is 0 Å². The highest BCUT2D eigenvalue weighted by molar-refractivity contribution is 5.33. The van der Waals surface area contributed by atoms with E-state index in [-0.39, 0.29) is 6.04 Å². The highest BCUT2D eigenvalue weighted by Crippen LogP contribution is 2.33. The van der Waals surface area contributed by atoms with Gasteiger partial charge in [-0.05, 0) is 48.9 Å². The maximum atomic E-state index is 13.8. The van der Waals surface area contributed by atoms with Gasteiger partial charge in [-0.15, -0.1) is 0 Å². The van der Waals surface area contributed by atoms with Crippen molar-refractivity contribution in [1.29, 1.82) is 0 Å². The SMILES string of the molecule is CCNC1CC(C)CCc2c(F)cc(F)cc21. The molecule has 3 heteroatoms. The number of rotatable bonds is 2. The van der Waals surface area contributed by atoms with E-state index in [1.54, 1.807) is 0 Å². The lowest BCUT2D eigenvalue weighted by Gasteiger charge is -2.20. The molecule has 1 aromatic carbocycles. The minimum atomic E-state index is -0.473. The molecule has 0 aliphatic heterocycles. The van der Waals surface area contributed by atoms with Crippen LogP contribution in [0.3, 0.4) is 0 Å². The first-order valence-electron chi connectivity index (χ1n) is 6.33. The third-order valence-electron chi connectivity index (χ3n) is 3.55. The summed E-state index contributed by atoms with van der Waals surface area (Å²) < 4.78 is 27.1. The Labute approximate surface area is 101 Å². The van der Waals surface area contributed by atoms with E-state index in [1.807, 2.05) is 6.92 Å². The van der Waals surface area contributed by atoms with Crippen molar-refractivity contribution in [2.75, 3.05) is 6.54 Å². The second kappa shape index (κ2) is 5.13. The molecule has 0 saturated carbocycles. The molecule has 1 aliphatic carbocycles. The van der Waals surface area contributed by atoms with Crippen molar-refractivity contribution in [3.05, 3.63) is 34.9 Å². The molecule has 2 unspecified atom stereocenters. The number of fused-ring (bicyclic) bond motifs is 1. The second-order valence-electron chi connectivity index (χ2n) is 4.95. The normalized spacial score (nSPS) is 24.2. The van der Waals surface area contributed by atoms with Gasteiger partial charge in [-0.3, -0.25) is 0 Å². The zero-order valence-corrected chi connectivity index (χ0v) is 10.4. The van der Waals surface area contributed by atoms with E-state index in [9.17, 15) is 8.78 Å². The van der Waals surface area contributed by atoms with Crippen LogP contribution < -0.4 is 5.32 Å². The van der Waals surface area contributed by atoms with E-state index in [2.05, 4.69) is 12.2 Å². The van der Waals surface area contributed by atoms with Crippen molar-refractivity contribution in [2.45, 2.75) is 39.2 Å². The molecule has 1 N–H and O–H groups in total. The van der Waals surface area contributed by atoms with Gasteiger partial charge in [0.05, 0.1) is 0 Å². The Kier molecular flexibility index (Phi) is 3.77. The van der Waals surface area contributed by atoms with Crippen LogP contribution in [0.25, 0.3) is 0 Å². The van der Waals surface area contributed by atoms with Gasteiger partial charge in [-0.2, -0.15) is 0 Å². The van der Waals surface area contributed by atoms with Crippen LogP contribution in [0, 0.1) is 17.6 Å². The Hall–Kier alpha value is -0.960. The molecular formula is C14H19F2N. The number of halogens is 2. The molecule has 0 bridgehead atoms. The number of hydrogen-bond acceptors (Lipinski definition) is 1. The Morgan fingerprint density at radius 1 is 1.35 bits per heavy atom. The Bertz CT molecular complexity index is 403. The first-order chi connectivity index (χ1) is 8.11. The summed E-state index contributed by atoms with van der Waals surface area (Å²) in [7, 11) is 0. The molecule has 0 aromatic heterocycles. The molecule has 2 rings (SSSR count). The largest absolute Gasteiger partial charge is 0.310 e. The third kappa shape index (κ3) is 2.65. The number of hydrogen-bond donors (Lipinski definition) is 1. The second-order valence-corrected chi connectivity index (χ2v) is 4.95. The number of nitrogens with one attached hydrogen (secondary N) is 1. The quantitative estimate of drug-likeness (QED) is 0.778. The van der Waals surface area contributed by atoms with E-state index in [0.717, 1.165) is 31.0 Å². The average molecular weight is 239 g/mol. The standard InChI is InChI=1S/C14H19F2N/c1-3-17-14-6-9(2)4-5-11-12(14)7-10(15)8-13(11)16/h7-9,14,17H,3-6H2,1-2H3. The highest BCUT2D eigenvalue weighted by Gasteiger charge is 2.24. The van der Waals surface area contributed by atoms with E-state index in [1.165, 1.54) is 6.07 Å². The summed E-state index contributed by atoms with van der Waals surface area (Å²) in [6.45, 7) is 5.00. The average Bonchev–Trinajstić information content (AvgIpc) is 2.40. The van der Waals surface area contributed by atoms with Gasteiger partial charge in [-0.25, -0.2) is 8.78 Å². The molecule has 1 aromatic rings. The zero-order valence-electron chi connectivity index (χ0n) is 10.4. The smallest absolute Gasteiger partial charge is 0.129 e.